The third kappa shape index (κ3) is 13.1. The van der Waals surface area contributed by atoms with Crippen LogP contribution >= 0.6 is 0 Å². The van der Waals surface area contributed by atoms with Crippen LogP contribution in [0.25, 0.3) is 0 Å². The zero-order chi connectivity index (χ0) is 39.8. The van der Waals surface area contributed by atoms with Crippen LogP contribution in [0.3, 0.4) is 0 Å². The number of alkyl halides is 2. The van der Waals surface area contributed by atoms with Crippen LogP contribution in [0.15, 0.2) is 36.2 Å². The summed E-state index contributed by atoms with van der Waals surface area (Å²) in [6.07, 6.45) is 2.61. The summed E-state index contributed by atoms with van der Waals surface area (Å²) in [6.45, 7) is 16.7. The van der Waals surface area contributed by atoms with Crippen LogP contribution in [0.5, 0.6) is 0 Å². The Hall–Kier alpha value is -3.66. The number of likely N-dealkylation sites (N-methyl/N-ethyl adjacent to an activating group) is 2. The number of nitrogens with zero attached hydrogens (tertiary/aromatic N) is 4. The number of rotatable bonds is 15. The lowest BCUT2D eigenvalue weighted by Crippen LogP contribution is -2.62. The monoisotopic (exact) mass is 755 g/mol. The van der Waals surface area contributed by atoms with E-state index in [1.807, 2.05) is 40.7 Å². The summed E-state index contributed by atoms with van der Waals surface area (Å²) in [5.41, 5.74) is 0.201. The molecule has 52 heavy (non-hydrogen) atoms. The van der Waals surface area contributed by atoms with E-state index in [-0.39, 0.29) is 26.2 Å². The van der Waals surface area contributed by atoms with Crippen molar-refractivity contribution in [3.63, 3.8) is 0 Å². The Morgan fingerprint density at radius 2 is 1.62 bits per heavy atom. The van der Waals surface area contributed by atoms with Gasteiger partial charge in [-0.15, -0.1) is 0 Å². The van der Waals surface area contributed by atoms with Gasteiger partial charge in [0.05, 0.1) is 6.26 Å². The molecule has 2 rings (SSSR count). The molecular weight excluding hydrogens is 697 g/mol. The van der Waals surface area contributed by atoms with Crippen molar-refractivity contribution < 1.29 is 36.4 Å². The molecule has 5 atom stereocenters. The van der Waals surface area contributed by atoms with Gasteiger partial charge in [0.25, 0.3) is 0 Å². The summed E-state index contributed by atoms with van der Waals surface area (Å²) in [6, 6.07) is -1.77. The minimum absolute atomic E-state index is 0.0147. The zero-order valence-corrected chi connectivity index (χ0v) is 33.3. The number of likely N-dealkylation sites (tertiary alicyclic amines) is 1. The second kappa shape index (κ2) is 18.4. The maximum absolute atomic E-state index is 14.4. The highest BCUT2D eigenvalue weighted by Crippen LogP contribution is 2.31. The topological polar surface area (TPSA) is 161 Å². The number of hydrogen-bond donors (Lipinski definition) is 3. The van der Waals surface area contributed by atoms with Crippen molar-refractivity contribution in [2.75, 3.05) is 32.9 Å². The number of carbonyl (C=O) groups is 4. The fourth-order valence-corrected chi connectivity index (χ4v) is 6.43. The molecule has 0 radical (unpaired) electrons. The van der Waals surface area contributed by atoms with Crippen molar-refractivity contribution >= 4 is 33.8 Å². The number of pyridine rings is 1. The van der Waals surface area contributed by atoms with E-state index in [2.05, 4.69) is 20.9 Å². The molecule has 1 aromatic rings. The van der Waals surface area contributed by atoms with Gasteiger partial charge in [-0.3, -0.25) is 19.4 Å². The van der Waals surface area contributed by atoms with Gasteiger partial charge < -0.3 is 25.8 Å². The first-order valence-corrected chi connectivity index (χ1v) is 19.4. The first kappa shape index (κ1) is 44.5. The molecule has 0 saturated carbocycles. The normalized spacial score (nSPS) is 18.4. The Kier molecular flexibility index (Phi) is 15.7. The number of halogens is 2. The number of carbonyl (C=O) groups excluding carboxylic acids is 4. The third-order valence-electron chi connectivity index (χ3n) is 9.13. The average molecular weight is 756 g/mol. The molecule has 0 spiro atoms. The van der Waals surface area contributed by atoms with Crippen molar-refractivity contribution in [3.8, 4) is 0 Å². The quantitative estimate of drug-likeness (QED) is 0.230. The van der Waals surface area contributed by atoms with Crippen molar-refractivity contribution in [2.24, 2.45) is 16.7 Å². The molecule has 2 heterocycles. The first-order valence-electron chi connectivity index (χ1n) is 17.6. The van der Waals surface area contributed by atoms with E-state index in [0.29, 0.717) is 6.42 Å². The number of urea groups is 1. The summed E-state index contributed by atoms with van der Waals surface area (Å²) >= 11 is 0. The van der Waals surface area contributed by atoms with Crippen LogP contribution in [-0.4, -0.2) is 115 Å². The molecule has 0 bridgehead atoms. The molecule has 294 valence electrons. The molecule has 3 N–H and O–H groups in total. The minimum atomic E-state index is -3.54. The lowest BCUT2D eigenvalue weighted by atomic mass is 9.85. The number of sulfonamides is 1. The Labute approximate surface area is 308 Å². The molecule has 1 unspecified atom stereocenters. The Balaban J connectivity index is 2.43. The predicted molar refractivity (Wildman–Crippen MR) is 197 cm³/mol. The highest BCUT2D eigenvalue weighted by Gasteiger charge is 2.47. The maximum Gasteiger partial charge on any atom is 0.315 e. The Bertz CT molecular complexity index is 1530. The van der Waals surface area contributed by atoms with E-state index in [1.54, 1.807) is 52.2 Å². The molecule has 1 aromatic heterocycles. The van der Waals surface area contributed by atoms with Crippen LogP contribution in [0, 0.1) is 16.7 Å². The van der Waals surface area contributed by atoms with Crippen LogP contribution in [-0.2, 0) is 31.0 Å². The Morgan fingerprint density at radius 3 is 2.10 bits per heavy atom. The van der Waals surface area contributed by atoms with Gasteiger partial charge in [0.2, 0.25) is 34.2 Å². The van der Waals surface area contributed by atoms with E-state index in [9.17, 15) is 36.4 Å². The second-order valence-electron chi connectivity index (χ2n) is 15.9. The number of nitrogens with one attached hydrogen (secondary N) is 3. The van der Waals surface area contributed by atoms with E-state index < -0.39 is 87.5 Å². The molecule has 5 amide bonds. The number of allylic oxidation sites excluding steroid dienone is 1. The third-order valence-corrected chi connectivity index (χ3v) is 10.4. The minimum Gasteiger partial charge on any atom is -0.342 e. The summed E-state index contributed by atoms with van der Waals surface area (Å²) in [4.78, 5) is 62.4. The zero-order valence-electron chi connectivity index (χ0n) is 32.5. The van der Waals surface area contributed by atoms with Crippen LogP contribution in [0.2, 0.25) is 0 Å². The predicted octanol–water partition coefficient (Wildman–Crippen LogP) is 3.77. The smallest absolute Gasteiger partial charge is 0.315 e. The molecule has 1 aliphatic rings. The van der Waals surface area contributed by atoms with E-state index in [1.165, 1.54) is 16.8 Å². The van der Waals surface area contributed by atoms with Crippen LogP contribution < -0.4 is 16.0 Å². The van der Waals surface area contributed by atoms with E-state index >= 15 is 0 Å². The van der Waals surface area contributed by atoms with Gasteiger partial charge in [-0.2, -0.15) is 0 Å². The average Bonchev–Trinajstić information content (AvgIpc) is 3.42. The maximum atomic E-state index is 14.4. The molecule has 13 nitrogen and oxygen atoms in total. The summed E-state index contributed by atoms with van der Waals surface area (Å²) in [7, 11) is -2.13. The number of aromatic nitrogens is 1. The van der Waals surface area contributed by atoms with Gasteiger partial charge >= 0.3 is 6.03 Å². The van der Waals surface area contributed by atoms with Gasteiger partial charge in [-0.1, -0.05) is 53.2 Å². The highest BCUT2D eigenvalue weighted by molar-refractivity contribution is 7.88. The van der Waals surface area contributed by atoms with Gasteiger partial charge in [0.15, 0.2) is 0 Å². The molecule has 16 heteroatoms. The van der Waals surface area contributed by atoms with Crippen molar-refractivity contribution in [1.29, 1.82) is 0 Å². The van der Waals surface area contributed by atoms with Gasteiger partial charge in [-0.05, 0) is 55.7 Å². The van der Waals surface area contributed by atoms with Gasteiger partial charge in [0.1, 0.15) is 18.1 Å². The fraction of sp³-hybridized carbons (Fsp3) is 0.694. The standard InChI is InChI=1S/C36H59F2N7O6S/c1-12-44(21-24-13-16-39-17-14-24)32(47)26(20-28(37)38)40-31(46)29-25(19-23(2)3)15-18-45(29)33(48)30(36(7,8)9)42-34(49)41-27(35(4,5)6)22-43(10)52(11,50)51/h13-14,16-17,19,25-30H,12,15,18,20-22H2,1-11H3,(H,40,46)(H2,41,42,49)/t25?,26-,27+,29-,30+/m0/s1. The van der Waals surface area contributed by atoms with Crippen LogP contribution in [0.4, 0.5) is 13.6 Å². The fourth-order valence-electron chi connectivity index (χ4n) is 6.01. The van der Waals surface area contributed by atoms with Crippen molar-refractivity contribution in [2.45, 2.75) is 112 Å². The number of hydrogen-bond acceptors (Lipinski definition) is 7. The Morgan fingerprint density at radius 1 is 1.02 bits per heavy atom. The molecular formula is C36H59F2N7O6S. The summed E-state index contributed by atoms with van der Waals surface area (Å²) < 4.78 is 53.2. The van der Waals surface area contributed by atoms with Gasteiger partial charge in [0, 0.05) is 64.0 Å². The molecule has 1 aliphatic heterocycles. The van der Waals surface area contributed by atoms with E-state index in [4.69, 9.17) is 0 Å². The molecule has 1 fully saturated rings. The lowest BCUT2D eigenvalue weighted by molar-refractivity contribution is -0.144. The molecule has 0 aliphatic carbocycles. The number of amides is 5. The SMILES string of the molecule is CCN(Cc1ccncc1)C(=O)[C@H](CC(F)F)NC(=O)[C@@H]1C(C=C(C)C)CCN1C(=O)[C@@H](NC(=O)N[C@H](CN(C)S(C)(=O)=O)C(C)(C)C)C(C)(C)C. The van der Waals surface area contributed by atoms with Crippen molar-refractivity contribution in [1.82, 2.24) is 35.0 Å². The van der Waals surface area contributed by atoms with Gasteiger partial charge in [-0.25, -0.2) is 26.3 Å². The molecule has 1 saturated heterocycles. The first-order chi connectivity index (χ1) is 23.9. The van der Waals surface area contributed by atoms with E-state index in [0.717, 1.165) is 21.7 Å². The summed E-state index contributed by atoms with van der Waals surface area (Å²) in [5, 5.41) is 8.18. The largest absolute Gasteiger partial charge is 0.342 e. The lowest BCUT2D eigenvalue weighted by Gasteiger charge is -2.38. The second-order valence-corrected chi connectivity index (χ2v) is 18.0. The highest BCUT2D eigenvalue weighted by atomic mass is 32.2. The van der Waals surface area contributed by atoms with Crippen molar-refractivity contribution in [3.05, 3.63) is 41.7 Å². The van der Waals surface area contributed by atoms with Crippen LogP contribution in [0.1, 0.15) is 80.7 Å². The molecule has 0 aromatic carbocycles. The summed E-state index contributed by atoms with van der Waals surface area (Å²) in [5.74, 6) is -2.47.